The molecule has 44 heavy (non-hydrogen) atoms. The fourth-order valence-corrected chi connectivity index (χ4v) is 6.09. The minimum Gasteiger partial charge on any atom is -0.466 e. The van der Waals surface area contributed by atoms with Gasteiger partial charge in [-0.1, -0.05) is 23.4 Å². The van der Waals surface area contributed by atoms with Crippen LogP contribution in [-0.4, -0.2) is 96.6 Å². The summed E-state index contributed by atoms with van der Waals surface area (Å²) in [7, 11) is 1.35. The van der Waals surface area contributed by atoms with Gasteiger partial charge in [-0.25, -0.2) is 4.98 Å². The van der Waals surface area contributed by atoms with Crippen LogP contribution in [0.25, 0.3) is 5.69 Å². The number of rotatable bonds is 10. The van der Waals surface area contributed by atoms with E-state index in [1.165, 1.54) is 23.1 Å². The van der Waals surface area contributed by atoms with Gasteiger partial charge < -0.3 is 29.6 Å². The number of oxime groups is 1. The summed E-state index contributed by atoms with van der Waals surface area (Å²) in [6, 6.07) is 9.20. The Morgan fingerprint density at radius 3 is 2.61 bits per heavy atom. The fraction of sp³-hybridized carbons (Fsp3) is 0.414. The van der Waals surface area contributed by atoms with Crippen molar-refractivity contribution >= 4 is 51.8 Å². The number of nitrogens with zero attached hydrogens (tertiary/aromatic N) is 7. The van der Waals surface area contributed by atoms with E-state index < -0.39 is 0 Å². The van der Waals surface area contributed by atoms with Crippen LogP contribution in [0, 0.1) is 5.92 Å². The minimum absolute atomic E-state index is 0.0299. The summed E-state index contributed by atoms with van der Waals surface area (Å²) in [5.74, 6) is -0.957. The number of carbonyl (C=O) groups is 3. The number of ether oxygens (including phenoxy) is 1. The molecule has 2 aliphatic heterocycles. The molecular weight excluding hydrogens is 588 g/mol. The Labute approximate surface area is 257 Å². The van der Waals surface area contributed by atoms with Gasteiger partial charge in [0, 0.05) is 44.6 Å². The zero-order chi connectivity index (χ0) is 31.1. The highest BCUT2D eigenvalue weighted by atomic mass is 32.1. The van der Waals surface area contributed by atoms with E-state index >= 15 is 0 Å². The third-order valence-corrected chi connectivity index (χ3v) is 8.29. The first-order valence-corrected chi connectivity index (χ1v) is 15.2. The average Bonchev–Trinajstić information content (AvgIpc) is 3.52. The maximum Gasteiger partial charge on any atom is 0.310 e. The highest BCUT2D eigenvalue weighted by molar-refractivity contribution is 7.14. The van der Waals surface area contributed by atoms with Crippen molar-refractivity contribution in [3.8, 4) is 5.69 Å². The largest absolute Gasteiger partial charge is 0.466 e. The van der Waals surface area contributed by atoms with E-state index in [1.807, 2.05) is 40.1 Å². The van der Waals surface area contributed by atoms with E-state index in [0.29, 0.717) is 86.6 Å². The van der Waals surface area contributed by atoms with Crippen LogP contribution in [0.5, 0.6) is 0 Å². The Balaban J connectivity index is 1.40. The van der Waals surface area contributed by atoms with Crippen molar-refractivity contribution in [1.29, 1.82) is 0 Å². The van der Waals surface area contributed by atoms with Crippen LogP contribution in [0.15, 0.2) is 51.9 Å². The number of piperazine rings is 1. The highest BCUT2D eigenvalue weighted by Gasteiger charge is 2.33. The van der Waals surface area contributed by atoms with Gasteiger partial charge in [0.25, 0.3) is 11.5 Å². The third-order valence-electron chi connectivity index (χ3n) is 7.51. The monoisotopic (exact) mass is 622 g/mol. The second kappa shape index (κ2) is 14.1. The molecule has 1 unspecified atom stereocenters. The molecule has 5 rings (SSSR count). The molecule has 2 amide bonds. The highest BCUT2D eigenvalue weighted by Crippen LogP contribution is 2.31. The van der Waals surface area contributed by atoms with Crippen molar-refractivity contribution in [3.63, 3.8) is 0 Å². The quantitative estimate of drug-likeness (QED) is 0.153. The van der Waals surface area contributed by atoms with Gasteiger partial charge in [0.15, 0.2) is 10.8 Å². The van der Waals surface area contributed by atoms with E-state index in [-0.39, 0.29) is 29.1 Å². The van der Waals surface area contributed by atoms with Crippen molar-refractivity contribution in [2.45, 2.75) is 19.8 Å². The third kappa shape index (κ3) is 6.56. The molecule has 2 aromatic heterocycles. The molecule has 0 radical (unpaired) electrons. The standard InChI is InChI=1S/C29H34N8O6S/c1-3-43-28(41)20-8-7-11-36(17-20)25-23(16-31-37(27(25)40)21-9-5-4-6-10-21)34-12-14-35(15-13-34)26(39)24(33-42-2)22-18-44-29(32-22)30-19-38/h4-6,9-10,16,18-20H,3,7-8,11-15,17H2,1-2H3,(H,30,32,38). The van der Waals surface area contributed by atoms with Crippen molar-refractivity contribution in [2.24, 2.45) is 11.1 Å². The Hall–Kier alpha value is -4.79. The van der Waals surface area contributed by atoms with E-state index in [1.54, 1.807) is 23.4 Å². The molecule has 2 fully saturated rings. The van der Waals surface area contributed by atoms with Gasteiger partial charge in [-0.2, -0.15) is 9.78 Å². The number of hydrogen-bond donors (Lipinski definition) is 1. The van der Waals surface area contributed by atoms with E-state index in [4.69, 9.17) is 9.57 Å². The Morgan fingerprint density at radius 1 is 1.14 bits per heavy atom. The zero-order valence-corrected chi connectivity index (χ0v) is 25.4. The molecule has 0 bridgehead atoms. The van der Waals surface area contributed by atoms with Crippen LogP contribution in [0.2, 0.25) is 0 Å². The number of benzene rings is 1. The van der Waals surface area contributed by atoms with Crippen molar-refractivity contribution in [3.05, 3.63) is 58.0 Å². The summed E-state index contributed by atoms with van der Waals surface area (Å²) < 4.78 is 6.68. The van der Waals surface area contributed by atoms with E-state index in [9.17, 15) is 19.2 Å². The summed E-state index contributed by atoms with van der Waals surface area (Å²) in [6.07, 6.45) is 3.63. The van der Waals surface area contributed by atoms with Gasteiger partial charge in [-0.15, -0.1) is 11.3 Å². The Morgan fingerprint density at radius 2 is 1.91 bits per heavy atom. The normalized spacial score (nSPS) is 17.3. The lowest BCUT2D eigenvalue weighted by atomic mass is 9.97. The molecule has 14 nitrogen and oxygen atoms in total. The molecular formula is C29H34N8O6S. The van der Waals surface area contributed by atoms with Crippen LogP contribution in [-0.2, 0) is 24.0 Å². The summed E-state index contributed by atoms with van der Waals surface area (Å²) in [5, 5.41) is 12.9. The van der Waals surface area contributed by atoms with Gasteiger partial charge in [0.1, 0.15) is 18.5 Å². The summed E-state index contributed by atoms with van der Waals surface area (Å²) >= 11 is 1.17. The maximum atomic E-state index is 14.1. The lowest BCUT2D eigenvalue weighted by Gasteiger charge is -2.39. The number of thiazole rings is 1. The van der Waals surface area contributed by atoms with Gasteiger partial charge in [0.2, 0.25) is 6.41 Å². The van der Waals surface area contributed by atoms with Crippen LogP contribution >= 0.6 is 11.3 Å². The predicted octanol–water partition coefficient (Wildman–Crippen LogP) is 1.74. The number of hydrogen-bond acceptors (Lipinski definition) is 12. The number of piperidine rings is 1. The SMILES string of the molecule is CCOC(=O)C1CCCN(c2c(N3CCN(C(=O)C(=NOC)c4csc(NC=O)n4)CC3)cnn(-c3ccccc3)c2=O)C1. The number of aromatic nitrogens is 3. The molecule has 15 heteroatoms. The first-order chi connectivity index (χ1) is 21.4. The van der Waals surface area contributed by atoms with Gasteiger partial charge >= 0.3 is 5.97 Å². The number of carbonyl (C=O) groups excluding carboxylic acids is 3. The predicted molar refractivity (Wildman–Crippen MR) is 166 cm³/mol. The van der Waals surface area contributed by atoms with Gasteiger partial charge in [-0.05, 0) is 31.9 Å². The van der Waals surface area contributed by atoms with Crippen LogP contribution in [0.3, 0.4) is 0 Å². The topological polar surface area (TPSA) is 152 Å². The lowest BCUT2D eigenvalue weighted by molar-refractivity contribution is -0.148. The maximum absolute atomic E-state index is 14.1. The van der Waals surface area contributed by atoms with Gasteiger partial charge in [0.05, 0.1) is 30.1 Å². The second-order valence-corrected chi connectivity index (χ2v) is 11.0. The van der Waals surface area contributed by atoms with E-state index in [0.717, 1.165) is 6.42 Å². The number of para-hydroxylation sites is 1. The summed E-state index contributed by atoms with van der Waals surface area (Å²) in [6.45, 7) is 4.61. The molecule has 3 aromatic rings. The van der Waals surface area contributed by atoms with Gasteiger partial charge in [-0.3, -0.25) is 19.2 Å². The lowest BCUT2D eigenvalue weighted by Crippen LogP contribution is -2.52. The average molecular weight is 623 g/mol. The molecule has 232 valence electrons. The minimum atomic E-state index is -0.361. The number of esters is 1. The molecule has 1 aromatic carbocycles. The Kier molecular flexibility index (Phi) is 9.84. The molecule has 2 saturated heterocycles. The molecule has 2 aliphatic rings. The smallest absolute Gasteiger partial charge is 0.310 e. The number of amides is 2. The molecule has 1 N–H and O–H groups in total. The summed E-state index contributed by atoms with van der Waals surface area (Å²) in [4.78, 5) is 65.8. The first-order valence-electron chi connectivity index (χ1n) is 14.4. The van der Waals surface area contributed by atoms with E-state index in [2.05, 4.69) is 20.6 Å². The number of nitrogens with one attached hydrogen (secondary N) is 1. The Bertz CT molecular complexity index is 1570. The molecule has 0 saturated carbocycles. The molecule has 1 atom stereocenters. The molecule has 4 heterocycles. The molecule has 0 spiro atoms. The van der Waals surface area contributed by atoms with Crippen LogP contribution < -0.4 is 20.7 Å². The van der Waals surface area contributed by atoms with Crippen LogP contribution in [0.4, 0.5) is 16.5 Å². The summed E-state index contributed by atoms with van der Waals surface area (Å²) in [5.41, 5.74) is 1.80. The second-order valence-electron chi connectivity index (χ2n) is 10.2. The van der Waals surface area contributed by atoms with Crippen molar-refractivity contribution in [1.82, 2.24) is 19.7 Å². The molecule has 0 aliphatic carbocycles. The van der Waals surface area contributed by atoms with Crippen molar-refractivity contribution in [2.75, 3.05) is 68.1 Å². The first kappa shape index (κ1) is 30.7. The zero-order valence-electron chi connectivity index (χ0n) is 24.5. The number of anilines is 3. The van der Waals surface area contributed by atoms with Crippen LogP contribution in [0.1, 0.15) is 25.5 Å². The van der Waals surface area contributed by atoms with Crippen molar-refractivity contribution < 1.29 is 24.0 Å². The fourth-order valence-electron chi connectivity index (χ4n) is 5.44.